The molecule has 1 heterocycles. The number of nitrogens with two attached hydrogens (primary N) is 1. The van der Waals surface area contributed by atoms with Gasteiger partial charge in [0.15, 0.2) is 0 Å². The van der Waals surface area contributed by atoms with Gasteiger partial charge in [-0.15, -0.1) is 0 Å². The van der Waals surface area contributed by atoms with Crippen LogP contribution >= 0.6 is 0 Å². The molecule has 2 rings (SSSR count). The summed E-state index contributed by atoms with van der Waals surface area (Å²) in [5, 5.41) is 0. The van der Waals surface area contributed by atoms with Gasteiger partial charge in [-0.1, -0.05) is 6.07 Å². The first kappa shape index (κ1) is 14.2. The molecule has 1 fully saturated rings. The zero-order valence-corrected chi connectivity index (χ0v) is 11.9. The first-order valence-electron chi connectivity index (χ1n) is 6.97. The summed E-state index contributed by atoms with van der Waals surface area (Å²) in [6, 6.07) is 4.02. The van der Waals surface area contributed by atoms with Crippen LogP contribution in [0.4, 0.5) is 5.69 Å². The predicted molar refractivity (Wildman–Crippen MR) is 77.7 cm³/mol. The van der Waals surface area contributed by atoms with Crippen molar-refractivity contribution in [1.29, 1.82) is 0 Å². The number of nitrogen functional groups attached to an aromatic ring is 1. The zero-order valence-electron chi connectivity index (χ0n) is 11.9. The number of rotatable bonds is 5. The lowest BCUT2D eigenvalue weighted by Gasteiger charge is -2.26. The Balaban J connectivity index is 1.75. The van der Waals surface area contributed by atoms with Gasteiger partial charge in [-0.05, 0) is 37.5 Å². The topological polar surface area (TPSA) is 47.7 Å². The molecule has 4 nitrogen and oxygen atoms in total. The zero-order chi connectivity index (χ0) is 13.7. The molecule has 1 aromatic carbocycles. The Labute approximate surface area is 115 Å². The van der Waals surface area contributed by atoms with E-state index in [0.29, 0.717) is 6.61 Å². The van der Waals surface area contributed by atoms with Gasteiger partial charge in [0.05, 0.1) is 25.5 Å². The van der Waals surface area contributed by atoms with Crippen LogP contribution in [0.5, 0.6) is 5.75 Å². The fourth-order valence-electron chi connectivity index (χ4n) is 2.23. The number of hydrogen-bond acceptors (Lipinski definition) is 4. The summed E-state index contributed by atoms with van der Waals surface area (Å²) in [5.41, 5.74) is 9.15. The molecule has 0 atom stereocenters. The quantitative estimate of drug-likeness (QED) is 0.652. The molecule has 4 heteroatoms. The Bertz CT molecular complexity index is 415. The number of morpholine rings is 1. The molecule has 0 radical (unpaired) electrons. The van der Waals surface area contributed by atoms with Gasteiger partial charge in [0.2, 0.25) is 0 Å². The molecule has 1 aliphatic heterocycles. The van der Waals surface area contributed by atoms with Crippen molar-refractivity contribution in [3.63, 3.8) is 0 Å². The van der Waals surface area contributed by atoms with E-state index in [1.165, 1.54) is 5.56 Å². The summed E-state index contributed by atoms with van der Waals surface area (Å²) in [6.07, 6.45) is 1.02. The Hall–Kier alpha value is -1.26. The van der Waals surface area contributed by atoms with Crippen molar-refractivity contribution in [2.45, 2.75) is 20.3 Å². The van der Waals surface area contributed by atoms with Crippen LogP contribution in [0.15, 0.2) is 12.1 Å². The number of nitrogens with zero attached hydrogens (tertiary/aromatic N) is 1. The Kier molecular flexibility index (Phi) is 5.05. The second kappa shape index (κ2) is 6.78. The van der Waals surface area contributed by atoms with Gasteiger partial charge in [0, 0.05) is 19.6 Å². The highest BCUT2D eigenvalue weighted by atomic mass is 16.5. The van der Waals surface area contributed by atoms with Gasteiger partial charge >= 0.3 is 0 Å². The molecule has 0 spiro atoms. The van der Waals surface area contributed by atoms with Crippen molar-refractivity contribution < 1.29 is 9.47 Å². The highest BCUT2D eigenvalue weighted by molar-refractivity contribution is 5.60. The third-order valence-electron chi connectivity index (χ3n) is 3.73. The molecule has 0 saturated carbocycles. The van der Waals surface area contributed by atoms with E-state index >= 15 is 0 Å². The van der Waals surface area contributed by atoms with Gasteiger partial charge in [0.1, 0.15) is 5.75 Å². The third kappa shape index (κ3) is 3.85. The molecule has 1 saturated heterocycles. The fourth-order valence-corrected chi connectivity index (χ4v) is 2.23. The molecule has 106 valence electrons. The van der Waals surface area contributed by atoms with Crippen LogP contribution in [0.25, 0.3) is 0 Å². The molecule has 19 heavy (non-hydrogen) atoms. The highest BCUT2D eigenvalue weighted by Crippen LogP contribution is 2.27. The number of hydrogen-bond donors (Lipinski definition) is 1. The maximum absolute atomic E-state index is 6.06. The summed E-state index contributed by atoms with van der Waals surface area (Å²) in [7, 11) is 0. The maximum Gasteiger partial charge on any atom is 0.142 e. The van der Waals surface area contributed by atoms with E-state index in [1.54, 1.807) is 0 Å². The largest absolute Gasteiger partial charge is 0.491 e. The minimum atomic E-state index is 0.712. The molecule has 1 aliphatic rings. The summed E-state index contributed by atoms with van der Waals surface area (Å²) in [6.45, 7) is 9.64. The van der Waals surface area contributed by atoms with Crippen molar-refractivity contribution in [2.24, 2.45) is 0 Å². The normalized spacial score (nSPS) is 16.5. The minimum absolute atomic E-state index is 0.712. The van der Waals surface area contributed by atoms with Crippen LogP contribution in [0.3, 0.4) is 0 Å². The van der Waals surface area contributed by atoms with E-state index in [2.05, 4.69) is 17.9 Å². The van der Waals surface area contributed by atoms with E-state index in [0.717, 1.165) is 56.3 Å². The molecule has 0 unspecified atom stereocenters. The molecule has 0 bridgehead atoms. The van der Waals surface area contributed by atoms with Crippen molar-refractivity contribution in [3.05, 3.63) is 23.3 Å². The van der Waals surface area contributed by atoms with E-state index in [-0.39, 0.29) is 0 Å². The standard InChI is InChI=1S/C15H24N2O2/c1-12-4-5-14(15(16)13(12)2)19-9-3-6-17-7-10-18-11-8-17/h4-5H,3,6-11,16H2,1-2H3. The van der Waals surface area contributed by atoms with Crippen LogP contribution in [0.1, 0.15) is 17.5 Å². The average Bonchev–Trinajstić information content (AvgIpc) is 2.44. The van der Waals surface area contributed by atoms with E-state index in [4.69, 9.17) is 15.2 Å². The van der Waals surface area contributed by atoms with Crippen LogP contribution in [0.2, 0.25) is 0 Å². The first-order chi connectivity index (χ1) is 9.18. The summed E-state index contributed by atoms with van der Waals surface area (Å²) in [4.78, 5) is 2.41. The van der Waals surface area contributed by atoms with Crippen LogP contribution in [-0.4, -0.2) is 44.4 Å². The molecular formula is C15H24N2O2. The molecule has 0 amide bonds. The van der Waals surface area contributed by atoms with Crippen LogP contribution in [-0.2, 0) is 4.74 Å². The summed E-state index contributed by atoms with van der Waals surface area (Å²) < 4.78 is 11.1. The van der Waals surface area contributed by atoms with Crippen LogP contribution in [0, 0.1) is 13.8 Å². The Morgan fingerprint density at radius 3 is 2.74 bits per heavy atom. The third-order valence-corrected chi connectivity index (χ3v) is 3.73. The van der Waals surface area contributed by atoms with E-state index in [1.807, 2.05) is 13.0 Å². The van der Waals surface area contributed by atoms with Gasteiger partial charge in [-0.3, -0.25) is 4.90 Å². The molecule has 2 N–H and O–H groups in total. The second-order valence-electron chi connectivity index (χ2n) is 5.08. The van der Waals surface area contributed by atoms with E-state index in [9.17, 15) is 0 Å². The number of benzene rings is 1. The number of ether oxygens (including phenoxy) is 2. The molecular weight excluding hydrogens is 240 g/mol. The van der Waals surface area contributed by atoms with Crippen molar-refractivity contribution in [1.82, 2.24) is 4.90 Å². The smallest absolute Gasteiger partial charge is 0.142 e. The van der Waals surface area contributed by atoms with Crippen molar-refractivity contribution in [3.8, 4) is 5.75 Å². The lowest BCUT2D eigenvalue weighted by Crippen LogP contribution is -2.37. The molecule has 0 aliphatic carbocycles. The Morgan fingerprint density at radius 2 is 2.00 bits per heavy atom. The second-order valence-corrected chi connectivity index (χ2v) is 5.08. The number of anilines is 1. The maximum atomic E-state index is 6.06. The monoisotopic (exact) mass is 264 g/mol. The minimum Gasteiger partial charge on any atom is -0.491 e. The molecule has 0 aromatic heterocycles. The van der Waals surface area contributed by atoms with Crippen molar-refractivity contribution >= 4 is 5.69 Å². The van der Waals surface area contributed by atoms with Crippen LogP contribution < -0.4 is 10.5 Å². The lowest BCUT2D eigenvalue weighted by atomic mass is 10.1. The first-order valence-corrected chi connectivity index (χ1v) is 6.97. The lowest BCUT2D eigenvalue weighted by molar-refractivity contribution is 0.0358. The fraction of sp³-hybridized carbons (Fsp3) is 0.600. The Morgan fingerprint density at radius 1 is 1.26 bits per heavy atom. The van der Waals surface area contributed by atoms with Gasteiger partial charge in [0.25, 0.3) is 0 Å². The number of aryl methyl sites for hydroxylation is 1. The van der Waals surface area contributed by atoms with E-state index < -0.39 is 0 Å². The van der Waals surface area contributed by atoms with Crippen molar-refractivity contribution in [2.75, 3.05) is 45.2 Å². The average molecular weight is 264 g/mol. The van der Waals surface area contributed by atoms with Gasteiger partial charge in [-0.2, -0.15) is 0 Å². The summed E-state index contributed by atoms with van der Waals surface area (Å²) in [5.74, 6) is 0.810. The van der Waals surface area contributed by atoms with Gasteiger partial charge in [-0.25, -0.2) is 0 Å². The van der Waals surface area contributed by atoms with Gasteiger partial charge < -0.3 is 15.2 Å². The molecule has 1 aromatic rings. The SMILES string of the molecule is Cc1ccc(OCCCN2CCOCC2)c(N)c1C. The summed E-state index contributed by atoms with van der Waals surface area (Å²) >= 11 is 0. The highest BCUT2D eigenvalue weighted by Gasteiger charge is 2.10. The predicted octanol–water partition coefficient (Wildman–Crippen LogP) is 1.99.